The van der Waals surface area contributed by atoms with Gasteiger partial charge in [-0.05, 0) is 18.4 Å². The van der Waals surface area contributed by atoms with Crippen LogP contribution in [0.1, 0.15) is 63.9 Å². The molecule has 1 unspecified atom stereocenters. The number of ketones is 1. The maximum absolute atomic E-state index is 13.0. The van der Waals surface area contributed by atoms with Gasteiger partial charge in [0.05, 0.1) is 12.2 Å². The van der Waals surface area contributed by atoms with Crippen LogP contribution in [0.3, 0.4) is 0 Å². The number of Topliss-reactive ketones (excluding diaryl/α,β-unsaturated/α-hetero) is 1. The van der Waals surface area contributed by atoms with Gasteiger partial charge in [-0.3, -0.25) is 19.0 Å². The minimum atomic E-state index is -0.930. The van der Waals surface area contributed by atoms with E-state index in [1.54, 1.807) is 45.1 Å². The van der Waals surface area contributed by atoms with Crippen molar-refractivity contribution in [3.8, 4) is 0 Å². The Morgan fingerprint density at radius 1 is 1.26 bits per heavy atom. The number of nitrogens with zero attached hydrogens (tertiary/aromatic N) is 4. The summed E-state index contributed by atoms with van der Waals surface area (Å²) in [6.07, 6.45) is 8.05. The van der Waals surface area contributed by atoms with Crippen molar-refractivity contribution in [2.24, 2.45) is 5.92 Å². The standard InChI is InChI=1S/C24H32N6O4/c1-8-9-10-11-15(4)20-26-12-16(25)22(33)30(20)13-17(31)27-18(14(2)3)19(32)21-28-29-23(34-21)24(5,6)7/h8-12,14,18H,1,13,25H2,2-7H3,(H,27,31)/b10-9-,15-11+. The van der Waals surface area contributed by atoms with Crippen LogP contribution >= 0.6 is 0 Å². The summed E-state index contributed by atoms with van der Waals surface area (Å²) in [6.45, 7) is 14.2. The van der Waals surface area contributed by atoms with E-state index in [1.807, 2.05) is 20.8 Å². The Morgan fingerprint density at radius 3 is 2.50 bits per heavy atom. The molecule has 1 amide bonds. The van der Waals surface area contributed by atoms with Crippen molar-refractivity contribution < 1.29 is 14.0 Å². The first kappa shape index (κ1) is 26.4. The highest BCUT2D eigenvalue weighted by Gasteiger charge is 2.31. The smallest absolute Gasteiger partial charge is 0.286 e. The first-order chi connectivity index (χ1) is 15.9. The number of hydrogen-bond donors (Lipinski definition) is 2. The summed E-state index contributed by atoms with van der Waals surface area (Å²) < 4.78 is 6.72. The minimum absolute atomic E-state index is 0.0944. The molecule has 2 heterocycles. The molecule has 3 N–H and O–H groups in total. The lowest BCUT2D eigenvalue weighted by Gasteiger charge is -2.20. The van der Waals surface area contributed by atoms with E-state index in [9.17, 15) is 14.4 Å². The number of amides is 1. The zero-order valence-corrected chi connectivity index (χ0v) is 20.5. The zero-order chi connectivity index (χ0) is 25.6. The Kier molecular flexibility index (Phi) is 8.45. The fraction of sp³-hybridized carbons (Fsp3) is 0.417. The molecule has 0 aliphatic rings. The van der Waals surface area contributed by atoms with E-state index in [0.717, 1.165) is 0 Å². The highest BCUT2D eigenvalue weighted by Crippen LogP contribution is 2.21. The van der Waals surface area contributed by atoms with Crippen molar-refractivity contribution in [1.29, 1.82) is 0 Å². The van der Waals surface area contributed by atoms with Crippen LogP contribution in [0.2, 0.25) is 0 Å². The molecule has 2 rings (SSSR count). The normalized spacial score (nSPS) is 13.3. The molecule has 0 saturated heterocycles. The molecule has 0 spiro atoms. The lowest BCUT2D eigenvalue weighted by molar-refractivity contribution is -0.122. The van der Waals surface area contributed by atoms with Gasteiger partial charge in [0, 0.05) is 5.41 Å². The summed E-state index contributed by atoms with van der Waals surface area (Å²) in [4.78, 5) is 42.9. The molecule has 0 aliphatic heterocycles. The summed E-state index contributed by atoms with van der Waals surface area (Å²) >= 11 is 0. The van der Waals surface area contributed by atoms with Gasteiger partial charge in [0.15, 0.2) is 0 Å². The van der Waals surface area contributed by atoms with Crippen LogP contribution in [0.15, 0.2) is 46.3 Å². The Morgan fingerprint density at radius 2 is 1.94 bits per heavy atom. The van der Waals surface area contributed by atoms with Crippen LogP contribution in [-0.4, -0.2) is 37.5 Å². The van der Waals surface area contributed by atoms with Gasteiger partial charge in [-0.1, -0.05) is 65.5 Å². The third-order valence-electron chi connectivity index (χ3n) is 4.86. The van der Waals surface area contributed by atoms with Gasteiger partial charge in [0.25, 0.3) is 11.4 Å². The number of carbonyl (C=O) groups is 2. The van der Waals surface area contributed by atoms with Crippen molar-refractivity contribution in [2.45, 2.75) is 59.5 Å². The Labute approximate surface area is 198 Å². The van der Waals surface area contributed by atoms with Crippen LogP contribution in [0.5, 0.6) is 0 Å². The molecule has 2 aromatic heterocycles. The van der Waals surface area contributed by atoms with Crippen molar-refractivity contribution in [3.05, 3.63) is 65.0 Å². The largest absolute Gasteiger partial charge is 0.418 e. The molecule has 0 saturated carbocycles. The minimum Gasteiger partial charge on any atom is -0.418 e. The number of nitrogen functional groups attached to an aromatic ring is 1. The number of nitrogens with two attached hydrogens (primary N) is 1. The molecular weight excluding hydrogens is 436 g/mol. The van der Waals surface area contributed by atoms with Crippen molar-refractivity contribution in [2.75, 3.05) is 5.73 Å². The molecule has 10 heteroatoms. The predicted molar refractivity (Wildman–Crippen MR) is 130 cm³/mol. The van der Waals surface area contributed by atoms with Gasteiger partial charge in [0.1, 0.15) is 18.1 Å². The van der Waals surface area contributed by atoms with Crippen LogP contribution in [0.25, 0.3) is 5.57 Å². The summed E-state index contributed by atoms with van der Waals surface area (Å²) in [5, 5.41) is 10.5. The fourth-order valence-electron chi connectivity index (χ4n) is 2.98. The highest BCUT2D eigenvalue weighted by molar-refractivity contribution is 5.98. The molecular formula is C24H32N6O4. The predicted octanol–water partition coefficient (Wildman–Crippen LogP) is 2.68. The first-order valence-corrected chi connectivity index (χ1v) is 10.9. The quantitative estimate of drug-likeness (QED) is 0.422. The number of carbonyl (C=O) groups excluding carboxylic acids is 2. The van der Waals surface area contributed by atoms with Crippen LogP contribution in [0.4, 0.5) is 5.69 Å². The zero-order valence-electron chi connectivity index (χ0n) is 20.5. The van der Waals surface area contributed by atoms with E-state index in [0.29, 0.717) is 11.5 Å². The summed E-state index contributed by atoms with van der Waals surface area (Å²) in [7, 11) is 0. The fourth-order valence-corrected chi connectivity index (χ4v) is 2.98. The van der Waals surface area contributed by atoms with Crippen molar-refractivity contribution in [1.82, 2.24) is 25.1 Å². The molecule has 2 aromatic rings. The van der Waals surface area contributed by atoms with Gasteiger partial charge in [-0.25, -0.2) is 4.98 Å². The van der Waals surface area contributed by atoms with Gasteiger partial charge in [0.2, 0.25) is 17.6 Å². The summed E-state index contributed by atoms with van der Waals surface area (Å²) in [5.74, 6) is -0.924. The Hall–Kier alpha value is -3.82. The van der Waals surface area contributed by atoms with E-state index in [-0.39, 0.29) is 29.9 Å². The first-order valence-electron chi connectivity index (χ1n) is 10.9. The molecule has 0 aliphatic carbocycles. The molecule has 0 fully saturated rings. The summed E-state index contributed by atoms with van der Waals surface area (Å²) in [6, 6.07) is -0.930. The maximum Gasteiger partial charge on any atom is 0.286 e. The van der Waals surface area contributed by atoms with Gasteiger partial charge in [-0.2, -0.15) is 0 Å². The van der Waals surface area contributed by atoms with Crippen LogP contribution in [0, 0.1) is 5.92 Å². The van der Waals surface area contributed by atoms with E-state index in [4.69, 9.17) is 10.2 Å². The second-order valence-corrected chi connectivity index (χ2v) is 9.21. The highest BCUT2D eigenvalue weighted by atomic mass is 16.4. The maximum atomic E-state index is 13.0. The molecule has 34 heavy (non-hydrogen) atoms. The molecule has 0 aromatic carbocycles. The Bertz CT molecular complexity index is 1180. The number of aromatic nitrogens is 4. The Balaban J connectivity index is 2.31. The average molecular weight is 469 g/mol. The van der Waals surface area contributed by atoms with Crippen LogP contribution in [-0.2, 0) is 16.8 Å². The van der Waals surface area contributed by atoms with Gasteiger partial charge < -0.3 is 15.5 Å². The van der Waals surface area contributed by atoms with Crippen molar-refractivity contribution >= 4 is 23.0 Å². The lowest BCUT2D eigenvalue weighted by atomic mass is 9.97. The molecule has 0 radical (unpaired) electrons. The van der Waals surface area contributed by atoms with Crippen LogP contribution < -0.4 is 16.6 Å². The third kappa shape index (κ3) is 6.37. The van der Waals surface area contributed by atoms with Gasteiger partial charge >= 0.3 is 0 Å². The second kappa shape index (κ2) is 10.9. The number of anilines is 1. The molecule has 182 valence electrons. The lowest BCUT2D eigenvalue weighted by Crippen LogP contribution is -2.47. The van der Waals surface area contributed by atoms with E-state index in [2.05, 4.69) is 27.1 Å². The number of hydrogen-bond acceptors (Lipinski definition) is 8. The molecule has 1 atom stereocenters. The number of rotatable bonds is 9. The van der Waals surface area contributed by atoms with Crippen molar-refractivity contribution in [3.63, 3.8) is 0 Å². The summed E-state index contributed by atoms with van der Waals surface area (Å²) in [5.41, 5.74) is 5.31. The van der Waals surface area contributed by atoms with E-state index >= 15 is 0 Å². The molecule has 10 nitrogen and oxygen atoms in total. The van der Waals surface area contributed by atoms with E-state index < -0.39 is 28.7 Å². The number of nitrogens with one attached hydrogen (secondary N) is 1. The molecule has 0 bridgehead atoms. The second-order valence-electron chi connectivity index (χ2n) is 9.21. The third-order valence-corrected chi connectivity index (χ3v) is 4.86. The number of allylic oxidation sites excluding steroid dienone is 5. The topological polar surface area (TPSA) is 146 Å². The van der Waals surface area contributed by atoms with E-state index in [1.165, 1.54) is 10.8 Å². The SMILES string of the molecule is C=C/C=C\C=C(/C)c1ncc(N)c(=O)n1CC(=O)NC(C(=O)c1nnc(C(C)(C)C)o1)C(C)C. The average Bonchev–Trinajstić information content (AvgIpc) is 3.26. The van der Waals surface area contributed by atoms with Gasteiger partial charge in [-0.15, -0.1) is 10.2 Å². The monoisotopic (exact) mass is 468 g/mol.